The predicted molar refractivity (Wildman–Crippen MR) is 37.4 cm³/mol. The summed E-state index contributed by atoms with van der Waals surface area (Å²) in [6.45, 7) is -0.397. The van der Waals surface area contributed by atoms with E-state index in [4.69, 9.17) is 4.11 Å². The highest BCUT2D eigenvalue weighted by atomic mass is 16.5. The fourth-order valence-corrected chi connectivity index (χ4v) is 1.18. The average Bonchev–Trinajstić information content (AvgIpc) is 2.54. The molecule has 1 saturated heterocycles. The third kappa shape index (κ3) is 0.814. The number of rotatable bonds is 1. The molecule has 3 nitrogen and oxygen atoms in total. The molecule has 10 heavy (non-hydrogen) atoms. The van der Waals surface area contributed by atoms with Crippen LogP contribution < -0.4 is 0 Å². The van der Waals surface area contributed by atoms with Gasteiger partial charge in [0.05, 0.1) is 25.2 Å². The predicted octanol–water partition coefficient (Wildman–Crippen LogP) is 0.00650. The lowest BCUT2D eigenvalue weighted by molar-refractivity contribution is -0.777. The van der Waals surface area contributed by atoms with Gasteiger partial charge in [-0.05, 0) is 6.92 Å². The summed E-state index contributed by atoms with van der Waals surface area (Å²) in [6.07, 6.45) is 0. The highest BCUT2D eigenvalue weighted by Crippen LogP contribution is 2.34. The highest BCUT2D eigenvalue weighted by molar-refractivity contribution is 5.77. The van der Waals surface area contributed by atoms with Crippen molar-refractivity contribution in [2.75, 3.05) is 21.1 Å². The molecule has 0 aromatic carbocycles. The van der Waals surface area contributed by atoms with E-state index in [1.807, 2.05) is 0 Å². The fourth-order valence-electron chi connectivity index (χ4n) is 1.18. The Morgan fingerprint density at radius 2 is 2.40 bits per heavy atom. The van der Waals surface area contributed by atoms with Gasteiger partial charge >= 0.3 is 5.97 Å². The van der Waals surface area contributed by atoms with Crippen LogP contribution in [0.4, 0.5) is 0 Å². The second-order valence-electron chi connectivity index (χ2n) is 2.86. The Morgan fingerprint density at radius 3 is 2.70 bits per heavy atom. The molecule has 1 unspecified atom stereocenters. The molecule has 58 valence electrons. The molecule has 0 aliphatic carbocycles. The zero-order valence-corrected chi connectivity index (χ0v) is 6.42. The van der Waals surface area contributed by atoms with Crippen molar-refractivity contribution in [3.05, 3.63) is 0 Å². The molecule has 0 spiro atoms. The van der Waals surface area contributed by atoms with Gasteiger partial charge in [-0.2, -0.15) is 0 Å². The maximum Gasteiger partial charge on any atom is 0.371 e. The van der Waals surface area contributed by atoms with Crippen molar-refractivity contribution in [3.8, 4) is 0 Å². The van der Waals surface area contributed by atoms with Gasteiger partial charge in [-0.25, -0.2) is 4.79 Å². The van der Waals surface area contributed by atoms with Crippen LogP contribution in [0.1, 0.15) is 11.0 Å². The molecule has 0 N–H and O–H groups in total. The molecule has 0 aromatic rings. The number of hydrogen-bond acceptors (Lipinski definition) is 2. The van der Waals surface area contributed by atoms with Crippen molar-refractivity contribution >= 4 is 5.97 Å². The van der Waals surface area contributed by atoms with Crippen LogP contribution in [-0.4, -0.2) is 43.7 Å². The van der Waals surface area contributed by atoms with E-state index in [2.05, 4.69) is 4.74 Å². The van der Waals surface area contributed by atoms with E-state index in [9.17, 15) is 4.79 Å². The van der Waals surface area contributed by atoms with Crippen LogP contribution in [-0.2, 0) is 9.53 Å². The van der Waals surface area contributed by atoms with Crippen LogP contribution in [0.3, 0.4) is 0 Å². The summed E-state index contributed by atoms with van der Waals surface area (Å²) < 4.78 is 26.1. The molecule has 0 amide bonds. The van der Waals surface area contributed by atoms with Gasteiger partial charge in [0.25, 0.3) is 0 Å². The third-order valence-corrected chi connectivity index (χ3v) is 2.23. The molecule has 0 saturated carbocycles. The number of nitrogens with zero attached hydrogens (tertiary/aromatic N) is 1. The normalized spacial score (nSPS) is 50.5. The van der Waals surface area contributed by atoms with Gasteiger partial charge in [0.2, 0.25) is 6.04 Å². The monoisotopic (exact) mass is 147 g/mol. The summed E-state index contributed by atoms with van der Waals surface area (Å²) in [4.78, 5) is 11.2. The molecule has 1 rings (SSSR count). The van der Waals surface area contributed by atoms with Crippen molar-refractivity contribution in [1.82, 2.24) is 0 Å². The Morgan fingerprint density at radius 1 is 1.80 bits per heavy atom. The summed E-state index contributed by atoms with van der Waals surface area (Å²) >= 11 is 0. The van der Waals surface area contributed by atoms with Gasteiger partial charge in [-0.1, -0.05) is 0 Å². The zero-order valence-electron chi connectivity index (χ0n) is 9.42. The van der Waals surface area contributed by atoms with E-state index in [0.717, 1.165) is 0 Å². The van der Waals surface area contributed by atoms with Crippen LogP contribution in [0, 0.1) is 0 Å². The summed E-state index contributed by atoms with van der Waals surface area (Å²) in [6, 6.07) is -0.711. The Kier molecular flexibility index (Phi) is 0.848. The molecule has 1 fully saturated rings. The first-order chi connectivity index (χ1) is 5.76. The quantitative estimate of drug-likeness (QED) is 0.296. The average molecular weight is 147 g/mol. The molecule has 1 aliphatic rings. The first-order valence-electron chi connectivity index (χ1n) is 4.70. The van der Waals surface area contributed by atoms with E-state index >= 15 is 0 Å². The largest absolute Gasteiger partial charge is 0.464 e. The number of methoxy groups -OCH3 is 1. The lowest BCUT2D eigenvalue weighted by Gasteiger charge is -2.04. The molecule has 0 bridgehead atoms. The van der Waals surface area contributed by atoms with Crippen LogP contribution in [0.25, 0.3) is 0 Å². The second kappa shape index (κ2) is 1.95. The molecule has 1 aliphatic heterocycles. The van der Waals surface area contributed by atoms with E-state index in [1.165, 1.54) is 7.11 Å². The van der Waals surface area contributed by atoms with Crippen molar-refractivity contribution < 1.29 is 18.1 Å². The Balaban J connectivity index is 2.82. The van der Waals surface area contributed by atoms with Crippen molar-refractivity contribution in [3.63, 3.8) is 0 Å². The van der Waals surface area contributed by atoms with Gasteiger partial charge in [0, 0.05) is 0 Å². The van der Waals surface area contributed by atoms with Crippen molar-refractivity contribution in [2.45, 2.75) is 19.0 Å². The van der Waals surface area contributed by atoms with Gasteiger partial charge in [-0.15, -0.1) is 0 Å². The summed E-state index contributed by atoms with van der Waals surface area (Å²) in [5.41, 5.74) is 0. The van der Waals surface area contributed by atoms with E-state index < -0.39 is 19.0 Å². The smallest absolute Gasteiger partial charge is 0.371 e. The number of ether oxygens (including phenoxy) is 1. The van der Waals surface area contributed by atoms with Crippen molar-refractivity contribution in [1.29, 1.82) is 0 Å². The van der Waals surface area contributed by atoms with Crippen molar-refractivity contribution in [2.24, 2.45) is 0 Å². The lowest BCUT2D eigenvalue weighted by atomic mass is 10.3. The first-order valence-corrected chi connectivity index (χ1v) is 3.20. The highest BCUT2D eigenvalue weighted by Gasteiger charge is 2.62. The topological polar surface area (TPSA) is 26.3 Å². The fraction of sp³-hybridized carbons (Fsp3) is 0.857. The Labute approximate surface area is 65.4 Å². The number of likely N-dealkylation sites (N-methyl/N-ethyl adjacent to an activating group) is 1. The lowest BCUT2D eigenvalue weighted by Crippen LogP contribution is -2.23. The second-order valence-corrected chi connectivity index (χ2v) is 2.86. The van der Waals surface area contributed by atoms with Gasteiger partial charge < -0.3 is 9.22 Å². The SMILES string of the molecule is [2H]C([2H])([2H])[N+]1(C)[C@@H](C)[C@@H]1C(=O)OC. The van der Waals surface area contributed by atoms with Gasteiger partial charge in [0.15, 0.2) is 6.04 Å². The van der Waals surface area contributed by atoms with Crippen LogP contribution in [0.15, 0.2) is 0 Å². The molecule has 3 heteroatoms. The maximum atomic E-state index is 11.2. The van der Waals surface area contributed by atoms with Crippen LogP contribution in [0.5, 0.6) is 0 Å². The summed E-state index contributed by atoms with van der Waals surface area (Å²) in [5.74, 6) is -0.439. The zero-order chi connectivity index (χ0) is 10.4. The number of hydrogen-bond donors (Lipinski definition) is 0. The standard InChI is InChI=1S/C7H14NO2/c1-5-6(7(9)10-4)8(5,2)3/h5-6H,1-4H3/q+1/t5-,6+/m0/s1/i2D3/t5-,6+,8?. The number of carbonyl (C=O) groups is 1. The van der Waals surface area contributed by atoms with Gasteiger partial charge in [-0.3, -0.25) is 0 Å². The number of esters is 1. The molecule has 1 heterocycles. The molecular formula is C7H14NO2+. The first kappa shape index (κ1) is 4.34. The minimum atomic E-state index is -2.14. The molecular weight excluding hydrogens is 130 g/mol. The molecule has 0 radical (unpaired) electrons. The summed E-state index contributed by atoms with van der Waals surface area (Å²) in [5, 5.41) is 0. The number of carbonyl (C=O) groups excluding carboxylic acids is 1. The van der Waals surface area contributed by atoms with Crippen LogP contribution in [0.2, 0.25) is 0 Å². The van der Waals surface area contributed by atoms with E-state index in [-0.39, 0.29) is 10.5 Å². The van der Waals surface area contributed by atoms with Gasteiger partial charge in [0.1, 0.15) is 0 Å². The molecule has 3 atom stereocenters. The Hall–Kier alpha value is -0.570. The number of quaternary nitrogens is 1. The van der Waals surface area contributed by atoms with E-state index in [1.54, 1.807) is 14.0 Å². The van der Waals surface area contributed by atoms with E-state index in [0.29, 0.717) is 0 Å². The summed E-state index contributed by atoms with van der Waals surface area (Å²) in [7, 11) is 2.83. The van der Waals surface area contributed by atoms with Crippen LogP contribution >= 0.6 is 0 Å². The third-order valence-electron chi connectivity index (χ3n) is 2.23. The maximum absolute atomic E-state index is 11.2. The minimum absolute atomic E-state index is 0.181. The minimum Gasteiger partial charge on any atom is -0.464 e. The molecule has 0 aromatic heterocycles. The Bertz CT molecular complexity index is 240.